The van der Waals surface area contributed by atoms with E-state index in [0.29, 0.717) is 28.9 Å². The molecule has 1 aromatic heterocycles. The van der Waals surface area contributed by atoms with Crippen molar-refractivity contribution in [1.82, 2.24) is 9.78 Å². The van der Waals surface area contributed by atoms with Gasteiger partial charge < -0.3 is 10.6 Å². The first-order valence-corrected chi connectivity index (χ1v) is 9.48. The lowest BCUT2D eigenvalue weighted by Crippen LogP contribution is -2.26. The van der Waals surface area contributed by atoms with Crippen molar-refractivity contribution in [2.24, 2.45) is 0 Å². The van der Waals surface area contributed by atoms with Gasteiger partial charge in [0.05, 0.1) is 0 Å². The lowest BCUT2D eigenvalue weighted by Gasteiger charge is -2.16. The molecule has 0 aliphatic heterocycles. The van der Waals surface area contributed by atoms with E-state index < -0.39 is 11.9 Å². The van der Waals surface area contributed by atoms with Gasteiger partial charge in [-0.2, -0.15) is 5.10 Å². The number of hydrogen-bond acceptors (Lipinski definition) is 3. The maximum Gasteiger partial charge on any atom is 0.276 e. The highest BCUT2D eigenvalue weighted by Crippen LogP contribution is 2.20. The molecule has 0 saturated carbocycles. The average molecular weight is 412 g/mol. The van der Waals surface area contributed by atoms with Gasteiger partial charge >= 0.3 is 0 Å². The van der Waals surface area contributed by atoms with Gasteiger partial charge in [-0.3, -0.25) is 14.3 Å². The van der Waals surface area contributed by atoms with Gasteiger partial charge in [0.25, 0.3) is 5.91 Å². The molecule has 156 valence electrons. The molecule has 0 fully saturated rings. The molecule has 1 atom stereocenters. The second-order valence-electron chi connectivity index (χ2n) is 6.97. The zero-order valence-electron chi connectivity index (χ0n) is 16.9. The number of benzene rings is 2. The minimum atomic E-state index is -0.649. The highest BCUT2D eigenvalue weighted by atomic mass is 19.1. The zero-order chi connectivity index (χ0) is 21.8. The first-order chi connectivity index (χ1) is 14.3. The molecular weight excluding hydrogens is 390 g/mol. The third-order valence-corrected chi connectivity index (χ3v) is 4.73. The number of halogens is 2. The van der Waals surface area contributed by atoms with Crippen LogP contribution in [0.25, 0.3) is 0 Å². The van der Waals surface area contributed by atoms with Crippen LogP contribution in [0.4, 0.5) is 20.2 Å². The molecule has 0 saturated heterocycles. The summed E-state index contributed by atoms with van der Waals surface area (Å²) < 4.78 is 27.9. The molecule has 0 unspecified atom stereocenters. The fourth-order valence-electron chi connectivity index (χ4n) is 3.06. The molecule has 6 nitrogen and oxygen atoms in total. The first-order valence-electron chi connectivity index (χ1n) is 9.48. The number of hydrogen-bond donors (Lipinski definition) is 2. The van der Waals surface area contributed by atoms with Crippen molar-refractivity contribution >= 4 is 23.2 Å². The van der Waals surface area contributed by atoms with E-state index in [1.165, 1.54) is 47.1 Å². The van der Waals surface area contributed by atoms with Crippen LogP contribution in [-0.4, -0.2) is 21.6 Å². The minimum absolute atomic E-state index is 0.128. The number of rotatable bonds is 6. The highest BCUT2D eigenvalue weighted by Gasteiger charge is 2.22. The van der Waals surface area contributed by atoms with Crippen molar-refractivity contribution < 1.29 is 18.4 Å². The molecule has 0 aliphatic carbocycles. The van der Waals surface area contributed by atoms with Crippen LogP contribution in [0.2, 0.25) is 0 Å². The predicted octanol–water partition coefficient (Wildman–Crippen LogP) is 4.62. The molecule has 2 N–H and O–H groups in total. The summed E-state index contributed by atoms with van der Waals surface area (Å²) >= 11 is 0. The van der Waals surface area contributed by atoms with Gasteiger partial charge in [0.1, 0.15) is 17.7 Å². The van der Waals surface area contributed by atoms with Crippen LogP contribution in [0.5, 0.6) is 0 Å². The van der Waals surface area contributed by atoms with Crippen LogP contribution >= 0.6 is 0 Å². The highest BCUT2D eigenvalue weighted by molar-refractivity contribution is 6.03. The van der Waals surface area contributed by atoms with Gasteiger partial charge in [0, 0.05) is 17.6 Å². The largest absolute Gasteiger partial charge is 0.324 e. The topological polar surface area (TPSA) is 76.0 Å². The SMILES string of the molecule is CC[C@H](C(=O)Nc1ccc(F)cc1C)n1ccc(C(=O)Nc2ccc(F)cc2C)n1. The maximum atomic E-state index is 13.3. The predicted molar refractivity (Wildman–Crippen MR) is 110 cm³/mol. The van der Waals surface area contributed by atoms with Crippen molar-refractivity contribution in [3.05, 3.63) is 77.1 Å². The van der Waals surface area contributed by atoms with E-state index >= 15 is 0 Å². The molecule has 0 aliphatic rings. The van der Waals surface area contributed by atoms with Gasteiger partial charge in [-0.1, -0.05) is 6.92 Å². The number of anilines is 2. The smallest absolute Gasteiger partial charge is 0.276 e. The van der Waals surface area contributed by atoms with Gasteiger partial charge in [0.15, 0.2) is 5.69 Å². The van der Waals surface area contributed by atoms with E-state index in [1.807, 2.05) is 6.92 Å². The number of aryl methyl sites for hydroxylation is 2. The fraction of sp³-hybridized carbons (Fsp3) is 0.227. The molecule has 3 rings (SSSR count). The molecule has 2 aromatic carbocycles. The first kappa shape index (κ1) is 21.2. The van der Waals surface area contributed by atoms with Crippen LogP contribution in [-0.2, 0) is 4.79 Å². The van der Waals surface area contributed by atoms with Crippen molar-refractivity contribution in [2.75, 3.05) is 10.6 Å². The normalized spacial score (nSPS) is 11.8. The number of aromatic nitrogens is 2. The number of carbonyl (C=O) groups excluding carboxylic acids is 2. The van der Waals surface area contributed by atoms with E-state index in [4.69, 9.17) is 0 Å². The van der Waals surface area contributed by atoms with Crippen molar-refractivity contribution in [1.29, 1.82) is 0 Å². The molecule has 8 heteroatoms. The molecule has 0 spiro atoms. The summed E-state index contributed by atoms with van der Waals surface area (Å²) in [6, 6.07) is 9.03. The Bertz CT molecular complexity index is 1090. The lowest BCUT2D eigenvalue weighted by atomic mass is 10.1. The van der Waals surface area contributed by atoms with Gasteiger partial charge in [-0.15, -0.1) is 0 Å². The van der Waals surface area contributed by atoms with E-state index in [9.17, 15) is 18.4 Å². The Morgan fingerprint density at radius 2 is 1.53 bits per heavy atom. The van der Waals surface area contributed by atoms with Gasteiger partial charge in [0.2, 0.25) is 5.91 Å². The summed E-state index contributed by atoms with van der Waals surface area (Å²) in [7, 11) is 0. The summed E-state index contributed by atoms with van der Waals surface area (Å²) in [4.78, 5) is 25.2. The number of nitrogens with zero attached hydrogens (tertiary/aromatic N) is 2. The third kappa shape index (κ3) is 4.71. The van der Waals surface area contributed by atoms with E-state index in [1.54, 1.807) is 20.0 Å². The second kappa shape index (κ2) is 8.86. The standard InChI is InChI=1S/C22H22F2N4O2/c1-4-20(22(30)26-18-8-6-16(24)12-14(18)3)28-10-9-19(27-28)21(29)25-17-7-5-15(23)11-13(17)2/h5-12,20H,4H2,1-3H3,(H,25,29)(H,26,30)/t20-/m1/s1. The molecule has 3 aromatic rings. The lowest BCUT2D eigenvalue weighted by molar-refractivity contribution is -0.119. The average Bonchev–Trinajstić information content (AvgIpc) is 3.17. The molecule has 30 heavy (non-hydrogen) atoms. The molecule has 0 radical (unpaired) electrons. The Balaban J connectivity index is 1.73. The Morgan fingerprint density at radius 1 is 0.967 bits per heavy atom. The van der Waals surface area contributed by atoms with Crippen LogP contribution in [0.15, 0.2) is 48.7 Å². The summed E-state index contributed by atoms with van der Waals surface area (Å²) in [6.07, 6.45) is 1.99. The summed E-state index contributed by atoms with van der Waals surface area (Å²) in [5.41, 5.74) is 2.31. The van der Waals surface area contributed by atoms with Crippen molar-refractivity contribution in [3.8, 4) is 0 Å². The van der Waals surface area contributed by atoms with Crippen molar-refractivity contribution in [3.63, 3.8) is 0 Å². The number of amides is 2. The van der Waals surface area contributed by atoms with Crippen LogP contribution < -0.4 is 10.6 Å². The molecular formula is C22H22F2N4O2. The van der Waals surface area contributed by atoms with Crippen LogP contribution in [0, 0.1) is 25.5 Å². The fourth-order valence-corrected chi connectivity index (χ4v) is 3.06. The molecule has 2 amide bonds. The Labute approximate surface area is 172 Å². The second-order valence-corrected chi connectivity index (χ2v) is 6.97. The quantitative estimate of drug-likeness (QED) is 0.620. The van der Waals surface area contributed by atoms with Gasteiger partial charge in [-0.25, -0.2) is 8.78 Å². The molecule has 0 bridgehead atoms. The maximum absolute atomic E-state index is 13.3. The monoisotopic (exact) mass is 412 g/mol. The number of nitrogens with one attached hydrogen (secondary N) is 2. The minimum Gasteiger partial charge on any atom is -0.324 e. The van der Waals surface area contributed by atoms with Gasteiger partial charge in [-0.05, 0) is 73.9 Å². The summed E-state index contributed by atoms with van der Waals surface area (Å²) in [5, 5.41) is 9.70. The summed E-state index contributed by atoms with van der Waals surface area (Å²) in [6.45, 7) is 5.21. The zero-order valence-corrected chi connectivity index (χ0v) is 16.9. The van der Waals surface area contributed by atoms with Crippen molar-refractivity contribution in [2.45, 2.75) is 33.2 Å². The van der Waals surface area contributed by atoms with Crippen LogP contribution in [0.1, 0.15) is 41.0 Å². The third-order valence-electron chi connectivity index (χ3n) is 4.73. The Kier molecular flexibility index (Phi) is 6.25. The van der Waals surface area contributed by atoms with E-state index in [0.717, 1.165) is 0 Å². The molecule has 1 heterocycles. The number of carbonyl (C=O) groups is 2. The van der Waals surface area contributed by atoms with E-state index in [2.05, 4.69) is 15.7 Å². The Morgan fingerprint density at radius 3 is 2.07 bits per heavy atom. The summed E-state index contributed by atoms with van der Waals surface area (Å²) in [5.74, 6) is -1.55. The van der Waals surface area contributed by atoms with E-state index in [-0.39, 0.29) is 23.2 Å². The van der Waals surface area contributed by atoms with Crippen LogP contribution in [0.3, 0.4) is 0 Å². The Hall–Kier alpha value is -3.55.